The Morgan fingerprint density at radius 3 is 3.00 bits per heavy atom. The highest BCUT2D eigenvalue weighted by Gasteiger charge is 2.44. The van der Waals surface area contributed by atoms with Gasteiger partial charge in [0, 0.05) is 37.4 Å². The lowest BCUT2D eigenvalue weighted by Gasteiger charge is -2.43. The lowest BCUT2D eigenvalue weighted by Crippen LogP contribution is -2.52. The van der Waals surface area contributed by atoms with Crippen LogP contribution in [0.1, 0.15) is 51.8 Å². The van der Waals surface area contributed by atoms with Gasteiger partial charge in [-0.25, -0.2) is 0 Å². The summed E-state index contributed by atoms with van der Waals surface area (Å²) in [5.74, 6) is 0.205. The van der Waals surface area contributed by atoms with Gasteiger partial charge in [0.05, 0.1) is 17.9 Å². The normalized spacial score (nSPS) is 33.7. The van der Waals surface area contributed by atoms with Gasteiger partial charge in [-0.15, -0.1) is 0 Å². The van der Waals surface area contributed by atoms with Gasteiger partial charge in [-0.1, -0.05) is 0 Å². The number of ether oxygens (including phenoxy) is 1. The lowest BCUT2D eigenvalue weighted by molar-refractivity contribution is -0.123. The third kappa shape index (κ3) is 3.21. The molecule has 2 fully saturated rings. The van der Waals surface area contributed by atoms with Gasteiger partial charge in [0.15, 0.2) is 0 Å². The Morgan fingerprint density at radius 2 is 2.32 bits per heavy atom. The van der Waals surface area contributed by atoms with Gasteiger partial charge in [0.2, 0.25) is 0 Å². The summed E-state index contributed by atoms with van der Waals surface area (Å²) in [6.07, 6.45) is 5.14. The van der Waals surface area contributed by atoms with Crippen molar-refractivity contribution in [3.05, 3.63) is 18.0 Å². The smallest absolute Gasteiger partial charge is 0.0764 e. The summed E-state index contributed by atoms with van der Waals surface area (Å²) >= 11 is 0. The van der Waals surface area contributed by atoms with E-state index in [9.17, 15) is 5.11 Å². The molecule has 22 heavy (non-hydrogen) atoms. The Bertz CT molecular complexity index is 498. The van der Waals surface area contributed by atoms with E-state index in [0.29, 0.717) is 25.3 Å². The van der Waals surface area contributed by atoms with Gasteiger partial charge in [-0.3, -0.25) is 9.58 Å². The van der Waals surface area contributed by atoms with Crippen molar-refractivity contribution in [1.29, 1.82) is 0 Å². The largest absolute Gasteiger partial charge is 0.390 e. The van der Waals surface area contributed by atoms with Crippen LogP contribution in [-0.2, 0) is 11.3 Å². The fraction of sp³-hybridized carbons (Fsp3) is 0.824. The molecule has 124 valence electrons. The van der Waals surface area contributed by atoms with E-state index < -0.39 is 5.60 Å². The molecule has 3 atom stereocenters. The van der Waals surface area contributed by atoms with E-state index in [1.165, 1.54) is 6.42 Å². The van der Waals surface area contributed by atoms with Crippen molar-refractivity contribution >= 4 is 0 Å². The molecule has 5 nitrogen and oxygen atoms in total. The zero-order valence-corrected chi connectivity index (χ0v) is 14.0. The summed E-state index contributed by atoms with van der Waals surface area (Å²) < 4.78 is 7.67. The number of aliphatic hydroxyl groups is 1. The molecule has 2 saturated heterocycles. The molecule has 0 aromatic carbocycles. The average molecular weight is 307 g/mol. The minimum absolute atomic E-state index is 0.205. The molecule has 0 spiro atoms. The molecule has 3 rings (SSSR count). The zero-order chi connectivity index (χ0) is 15.7. The van der Waals surface area contributed by atoms with Crippen LogP contribution in [0.15, 0.2) is 12.3 Å². The van der Waals surface area contributed by atoms with Crippen molar-refractivity contribution in [2.45, 2.75) is 64.3 Å². The maximum atomic E-state index is 10.7. The van der Waals surface area contributed by atoms with Crippen molar-refractivity contribution in [3.8, 4) is 0 Å². The van der Waals surface area contributed by atoms with Crippen molar-refractivity contribution in [2.75, 3.05) is 19.8 Å². The molecular weight excluding hydrogens is 278 g/mol. The van der Waals surface area contributed by atoms with Gasteiger partial charge in [0.1, 0.15) is 0 Å². The third-order valence-corrected chi connectivity index (χ3v) is 5.29. The first-order chi connectivity index (χ1) is 10.5. The predicted molar refractivity (Wildman–Crippen MR) is 85.6 cm³/mol. The van der Waals surface area contributed by atoms with Gasteiger partial charge in [-0.2, -0.15) is 5.10 Å². The first kappa shape index (κ1) is 16.0. The van der Waals surface area contributed by atoms with Crippen LogP contribution in [0.5, 0.6) is 0 Å². The van der Waals surface area contributed by atoms with Crippen LogP contribution >= 0.6 is 0 Å². The van der Waals surface area contributed by atoms with Gasteiger partial charge in [-0.05, 0) is 52.6 Å². The van der Waals surface area contributed by atoms with Crippen molar-refractivity contribution in [2.24, 2.45) is 5.92 Å². The number of aromatic nitrogens is 2. The van der Waals surface area contributed by atoms with Crippen LogP contribution < -0.4 is 0 Å². The van der Waals surface area contributed by atoms with Crippen molar-refractivity contribution < 1.29 is 9.84 Å². The highest BCUT2D eigenvalue weighted by Crippen LogP contribution is 2.36. The van der Waals surface area contributed by atoms with E-state index >= 15 is 0 Å². The van der Waals surface area contributed by atoms with Crippen LogP contribution in [0.4, 0.5) is 0 Å². The standard InChI is InChI=1S/C17H29N3O2/c1-13(2)20-9-6-14(18-20)11-19-8-4-5-16(19)15-12-22-10-7-17(15,3)21/h6,9,13,15-16,21H,4-5,7-8,10-12H2,1-3H3/t15-,16-,17-/m1/s1. The quantitative estimate of drug-likeness (QED) is 0.926. The third-order valence-electron chi connectivity index (χ3n) is 5.29. The molecule has 0 bridgehead atoms. The van der Waals surface area contributed by atoms with Crippen molar-refractivity contribution in [1.82, 2.24) is 14.7 Å². The summed E-state index contributed by atoms with van der Waals surface area (Å²) in [7, 11) is 0. The Morgan fingerprint density at radius 1 is 1.50 bits per heavy atom. The summed E-state index contributed by atoms with van der Waals surface area (Å²) in [5, 5.41) is 15.4. The predicted octanol–water partition coefficient (Wildman–Crippen LogP) is 2.22. The number of hydrogen-bond acceptors (Lipinski definition) is 4. The highest BCUT2D eigenvalue weighted by atomic mass is 16.5. The monoisotopic (exact) mass is 307 g/mol. The van der Waals surface area contributed by atoms with Crippen LogP contribution in [0.3, 0.4) is 0 Å². The molecule has 0 aliphatic carbocycles. The molecular formula is C17H29N3O2. The topological polar surface area (TPSA) is 50.5 Å². The number of rotatable bonds is 4. The Kier molecular flexibility index (Phi) is 4.57. The fourth-order valence-electron chi connectivity index (χ4n) is 3.84. The summed E-state index contributed by atoms with van der Waals surface area (Å²) in [6.45, 7) is 9.58. The molecule has 1 N–H and O–H groups in total. The number of hydrogen-bond donors (Lipinski definition) is 1. The fourth-order valence-corrected chi connectivity index (χ4v) is 3.84. The second kappa shape index (κ2) is 6.30. The van der Waals surface area contributed by atoms with E-state index in [2.05, 4.69) is 36.1 Å². The summed E-state index contributed by atoms with van der Waals surface area (Å²) in [4.78, 5) is 2.49. The first-order valence-corrected chi connectivity index (χ1v) is 8.55. The van der Waals surface area contributed by atoms with E-state index in [1.54, 1.807) is 0 Å². The zero-order valence-electron chi connectivity index (χ0n) is 14.0. The number of nitrogens with zero attached hydrogens (tertiary/aromatic N) is 3. The summed E-state index contributed by atoms with van der Waals surface area (Å²) in [6, 6.07) is 2.92. The van der Waals surface area contributed by atoms with Gasteiger partial charge < -0.3 is 9.84 Å². The number of likely N-dealkylation sites (tertiary alicyclic amines) is 1. The Balaban J connectivity index is 1.69. The molecule has 1 aromatic heterocycles. The molecule has 0 radical (unpaired) electrons. The first-order valence-electron chi connectivity index (χ1n) is 8.55. The molecule has 2 aliphatic heterocycles. The van der Waals surface area contributed by atoms with E-state index in [-0.39, 0.29) is 5.92 Å². The van der Waals surface area contributed by atoms with Crippen molar-refractivity contribution in [3.63, 3.8) is 0 Å². The lowest BCUT2D eigenvalue weighted by atomic mass is 9.79. The highest BCUT2D eigenvalue weighted by molar-refractivity contribution is 5.03. The minimum atomic E-state index is -0.608. The average Bonchev–Trinajstić information content (AvgIpc) is 3.08. The van der Waals surface area contributed by atoms with Crippen LogP contribution in [0.2, 0.25) is 0 Å². The van der Waals surface area contributed by atoms with Crippen LogP contribution in [0.25, 0.3) is 0 Å². The molecule has 0 amide bonds. The molecule has 2 aliphatic rings. The van der Waals surface area contributed by atoms with E-state index in [1.807, 2.05) is 11.6 Å². The van der Waals surface area contributed by atoms with Crippen LogP contribution in [0, 0.1) is 5.92 Å². The van der Waals surface area contributed by atoms with Crippen LogP contribution in [-0.4, -0.2) is 51.2 Å². The SMILES string of the molecule is CC(C)n1ccc(CN2CCC[C@@H]2[C@H]2COCC[C@@]2(C)O)n1. The van der Waals surface area contributed by atoms with E-state index in [4.69, 9.17) is 4.74 Å². The van der Waals surface area contributed by atoms with Gasteiger partial charge in [0.25, 0.3) is 0 Å². The Hall–Kier alpha value is -0.910. The van der Waals surface area contributed by atoms with Gasteiger partial charge >= 0.3 is 0 Å². The molecule has 1 aromatic rings. The molecule has 3 heterocycles. The maximum Gasteiger partial charge on any atom is 0.0764 e. The summed E-state index contributed by atoms with van der Waals surface area (Å²) in [5.41, 5.74) is 0.514. The minimum Gasteiger partial charge on any atom is -0.390 e. The second-order valence-corrected chi connectivity index (χ2v) is 7.35. The van der Waals surface area contributed by atoms with E-state index in [0.717, 1.165) is 31.6 Å². The molecule has 5 heteroatoms. The molecule has 0 unspecified atom stereocenters. The second-order valence-electron chi connectivity index (χ2n) is 7.35. The molecule has 0 saturated carbocycles. The maximum absolute atomic E-state index is 10.7. The Labute approximate surface area is 133 Å².